The molecule has 31 heavy (non-hydrogen) atoms. The van der Waals surface area contributed by atoms with E-state index in [4.69, 9.17) is 14.7 Å². The fourth-order valence-electron chi connectivity index (χ4n) is 3.92. The second kappa shape index (κ2) is 9.20. The van der Waals surface area contributed by atoms with Crippen molar-refractivity contribution in [1.29, 1.82) is 0 Å². The maximum atomic E-state index is 5.38. The Morgan fingerprint density at radius 2 is 2.06 bits per heavy atom. The normalized spacial score (nSPS) is 15.5. The van der Waals surface area contributed by atoms with Gasteiger partial charge in [-0.1, -0.05) is 26.0 Å². The number of hydrogen-bond donors (Lipinski definition) is 2. The summed E-state index contributed by atoms with van der Waals surface area (Å²) in [6, 6.07) is 8.12. The number of fused-ring (bicyclic) bond motifs is 1. The zero-order valence-corrected chi connectivity index (χ0v) is 19.1. The van der Waals surface area contributed by atoms with Crippen LogP contribution in [0.1, 0.15) is 49.7 Å². The van der Waals surface area contributed by atoms with Crippen LogP contribution in [0.15, 0.2) is 30.5 Å². The minimum absolute atomic E-state index is 0.0338. The van der Waals surface area contributed by atoms with Gasteiger partial charge in [-0.3, -0.25) is 4.90 Å². The Kier molecular flexibility index (Phi) is 6.38. The first-order chi connectivity index (χ1) is 14.9. The molecule has 8 heteroatoms. The van der Waals surface area contributed by atoms with E-state index in [1.165, 1.54) is 0 Å². The zero-order chi connectivity index (χ0) is 22.0. The Morgan fingerprint density at radius 3 is 2.74 bits per heavy atom. The number of hydrogen-bond acceptors (Lipinski definition) is 7. The highest BCUT2D eigenvalue weighted by atomic mass is 16.5. The quantitative estimate of drug-likeness (QED) is 0.547. The monoisotopic (exact) mass is 423 g/mol. The summed E-state index contributed by atoms with van der Waals surface area (Å²) in [5.41, 5.74) is 3.13. The minimum Gasteiger partial charge on any atom is -0.497 e. The van der Waals surface area contributed by atoms with Gasteiger partial charge in [-0.15, -0.1) is 0 Å². The van der Waals surface area contributed by atoms with Gasteiger partial charge in [0.1, 0.15) is 11.6 Å². The molecule has 0 bridgehead atoms. The Bertz CT molecular complexity index is 1030. The number of anilines is 1. The van der Waals surface area contributed by atoms with Gasteiger partial charge >= 0.3 is 0 Å². The number of aromatic nitrogens is 4. The molecule has 3 aromatic rings. The first-order valence-corrected chi connectivity index (χ1v) is 11.0. The standard InChI is InChI=1S/C23H33N7O/c1-15(2)20-12-25-30-22(20)27-21(14-29(4)13-17-10-24-11-17)28-23(30)26-16(3)18-7-6-8-19(9-18)31-5/h6-9,12,15-17,24H,10-11,13-14H2,1-5H3,(H,26,27,28). The van der Waals surface area contributed by atoms with Gasteiger partial charge in [0.2, 0.25) is 5.95 Å². The predicted octanol–water partition coefficient (Wildman–Crippen LogP) is 3.08. The fourth-order valence-corrected chi connectivity index (χ4v) is 3.92. The second-order valence-corrected chi connectivity index (χ2v) is 8.82. The summed E-state index contributed by atoms with van der Waals surface area (Å²) in [7, 11) is 3.82. The lowest BCUT2D eigenvalue weighted by Crippen LogP contribution is -2.47. The number of methoxy groups -OCH3 is 1. The average molecular weight is 424 g/mol. The molecule has 0 saturated carbocycles. The van der Waals surface area contributed by atoms with Crippen LogP contribution >= 0.6 is 0 Å². The molecule has 1 aliphatic heterocycles. The molecule has 3 heterocycles. The Labute approximate surface area is 184 Å². The van der Waals surface area contributed by atoms with Crippen molar-refractivity contribution in [3.63, 3.8) is 0 Å². The minimum atomic E-state index is 0.0338. The van der Waals surface area contributed by atoms with Crippen molar-refractivity contribution < 1.29 is 4.74 Å². The average Bonchev–Trinajstić information content (AvgIpc) is 3.15. The molecule has 2 aromatic heterocycles. The Balaban J connectivity index is 1.63. The summed E-state index contributed by atoms with van der Waals surface area (Å²) >= 11 is 0. The van der Waals surface area contributed by atoms with Crippen LogP contribution in [-0.2, 0) is 6.54 Å². The molecule has 0 radical (unpaired) electrons. The van der Waals surface area contributed by atoms with Gasteiger partial charge < -0.3 is 15.4 Å². The maximum absolute atomic E-state index is 5.38. The molecule has 8 nitrogen and oxygen atoms in total. The van der Waals surface area contributed by atoms with Crippen LogP contribution in [0.2, 0.25) is 0 Å². The summed E-state index contributed by atoms with van der Waals surface area (Å²) in [6.07, 6.45) is 1.91. The lowest BCUT2D eigenvalue weighted by atomic mass is 10.0. The Morgan fingerprint density at radius 1 is 1.26 bits per heavy atom. The van der Waals surface area contributed by atoms with E-state index in [2.05, 4.69) is 54.5 Å². The highest BCUT2D eigenvalue weighted by Crippen LogP contribution is 2.25. The molecule has 1 aromatic carbocycles. The molecule has 1 fully saturated rings. The highest BCUT2D eigenvalue weighted by Gasteiger charge is 2.21. The second-order valence-electron chi connectivity index (χ2n) is 8.82. The molecule has 1 aliphatic rings. The molecule has 1 unspecified atom stereocenters. The van der Waals surface area contributed by atoms with Crippen molar-refractivity contribution in [1.82, 2.24) is 29.8 Å². The molecule has 0 spiro atoms. The van der Waals surface area contributed by atoms with Crippen molar-refractivity contribution in [2.24, 2.45) is 5.92 Å². The lowest BCUT2D eigenvalue weighted by molar-refractivity contribution is 0.215. The molecule has 0 aliphatic carbocycles. The molecule has 166 valence electrons. The summed E-state index contributed by atoms with van der Waals surface area (Å²) in [6.45, 7) is 10.4. The van der Waals surface area contributed by atoms with Crippen LogP contribution in [-0.4, -0.2) is 58.3 Å². The van der Waals surface area contributed by atoms with Crippen molar-refractivity contribution in [2.45, 2.75) is 39.3 Å². The molecular weight excluding hydrogens is 390 g/mol. The third kappa shape index (κ3) is 4.80. The van der Waals surface area contributed by atoms with Crippen LogP contribution in [0.25, 0.3) is 5.65 Å². The van der Waals surface area contributed by atoms with Crippen LogP contribution < -0.4 is 15.4 Å². The summed E-state index contributed by atoms with van der Waals surface area (Å²) in [5, 5.41) is 11.5. The maximum Gasteiger partial charge on any atom is 0.228 e. The summed E-state index contributed by atoms with van der Waals surface area (Å²) in [4.78, 5) is 12.1. The number of rotatable bonds is 9. The van der Waals surface area contributed by atoms with E-state index in [9.17, 15) is 0 Å². The molecule has 0 amide bonds. The van der Waals surface area contributed by atoms with Gasteiger partial charge in [-0.2, -0.15) is 14.6 Å². The third-order valence-corrected chi connectivity index (χ3v) is 5.85. The molecular formula is C23H33N7O. The fraction of sp³-hybridized carbons (Fsp3) is 0.522. The molecule has 4 rings (SSSR count). The predicted molar refractivity (Wildman–Crippen MR) is 123 cm³/mol. The van der Waals surface area contributed by atoms with Crippen molar-refractivity contribution in [3.8, 4) is 5.75 Å². The smallest absolute Gasteiger partial charge is 0.228 e. The summed E-state index contributed by atoms with van der Waals surface area (Å²) < 4.78 is 7.21. The van der Waals surface area contributed by atoms with Crippen molar-refractivity contribution >= 4 is 11.6 Å². The first kappa shape index (κ1) is 21.5. The van der Waals surface area contributed by atoms with Crippen LogP contribution in [0.3, 0.4) is 0 Å². The zero-order valence-electron chi connectivity index (χ0n) is 19.1. The van der Waals surface area contributed by atoms with Gasteiger partial charge in [-0.25, -0.2) is 4.98 Å². The van der Waals surface area contributed by atoms with E-state index in [1.807, 2.05) is 28.9 Å². The van der Waals surface area contributed by atoms with E-state index in [0.29, 0.717) is 24.3 Å². The SMILES string of the molecule is COc1cccc(C(C)Nc2nc(CN(C)CC3CNC3)nc3c(C(C)C)cnn23)c1. The van der Waals surface area contributed by atoms with E-state index in [1.54, 1.807) is 7.11 Å². The summed E-state index contributed by atoms with van der Waals surface area (Å²) in [5.74, 6) is 3.40. The molecule has 2 N–H and O–H groups in total. The van der Waals surface area contributed by atoms with Gasteiger partial charge in [0.05, 0.1) is 25.9 Å². The van der Waals surface area contributed by atoms with E-state index in [-0.39, 0.29) is 6.04 Å². The van der Waals surface area contributed by atoms with Crippen LogP contribution in [0, 0.1) is 5.92 Å². The van der Waals surface area contributed by atoms with Crippen LogP contribution in [0.4, 0.5) is 5.95 Å². The van der Waals surface area contributed by atoms with Crippen LogP contribution in [0.5, 0.6) is 5.75 Å². The van der Waals surface area contributed by atoms with Crippen molar-refractivity contribution in [3.05, 3.63) is 47.4 Å². The number of benzene rings is 1. The largest absolute Gasteiger partial charge is 0.497 e. The van der Waals surface area contributed by atoms with E-state index >= 15 is 0 Å². The topological polar surface area (TPSA) is 79.6 Å². The lowest BCUT2D eigenvalue weighted by Gasteiger charge is -2.31. The number of ether oxygens (including phenoxy) is 1. The van der Waals surface area contributed by atoms with Gasteiger partial charge in [-0.05, 0) is 43.5 Å². The molecule has 1 saturated heterocycles. The molecule has 1 atom stereocenters. The van der Waals surface area contributed by atoms with Gasteiger partial charge in [0, 0.05) is 25.2 Å². The van der Waals surface area contributed by atoms with Gasteiger partial charge in [0.15, 0.2) is 5.65 Å². The number of nitrogens with one attached hydrogen (secondary N) is 2. The Hall–Kier alpha value is -2.71. The van der Waals surface area contributed by atoms with Crippen molar-refractivity contribution in [2.75, 3.05) is 39.1 Å². The van der Waals surface area contributed by atoms with E-state index < -0.39 is 0 Å². The highest BCUT2D eigenvalue weighted by molar-refractivity contribution is 5.52. The third-order valence-electron chi connectivity index (χ3n) is 5.85. The number of nitrogens with zero attached hydrogens (tertiary/aromatic N) is 5. The first-order valence-electron chi connectivity index (χ1n) is 11.0. The van der Waals surface area contributed by atoms with E-state index in [0.717, 1.165) is 48.0 Å². The van der Waals surface area contributed by atoms with Gasteiger partial charge in [0.25, 0.3) is 0 Å².